The van der Waals surface area contributed by atoms with Crippen molar-refractivity contribution in [3.05, 3.63) is 64.8 Å². The van der Waals surface area contributed by atoms with Gasteiger partial charge in [0.1, 0.15) is 5.54 Å². The molecule has 0 aliphatic carbocycles. The Bertz CT molecular complexity index is 1350. The topological polar surface area (TPSA) is 104 Å². The predicted octanol–water partition coefficient (Wildman–Crippen LogP) is 2.43. The second kappa shape index (κ2) is 7.66. The fraction of sp³-hybridized carbons (Fsp3) is 0.320. The minimum Gasteiger partial charge on any atom is -0.383 e. The lowest BCUT2D eigenvalue weighted by molar-refractivity contribution is -0.143. The van der Waals surface area contributed by atoms with E-state index in [1.54, 1.807) is 18.2 Å². The zero-order valence-electron chi connectivity index (χ0n) is 18.4. The number of aromatic amines is 1. The van der Waals surface area contributed by atoms with Crippen molar-refractivity contribution in [1.82, 2.24) is 15.2 Å². The minimum atomic E-state index is -1.36. The van der Waals surface area contributed by atoms with Crippen LogP contribution < -0.4 is 10.6 Å². The van der Waals surface area contributed by atoms with Crippen LogP contribution in [-0.2, 0) is 31.1 Å². The van der Waals surface area contributed by atoms with Gasteiger partial charge in [0.25, 0.3) is 0 Å². The molecule has 3 amide bonds. The van der Waals surface area contributed by atoms with Crippen molar-refractivity contribution in [3.8, 4) is 0 Å². The number of anilines is 1. The normalized spacial score (nSPS) is 27.6. The molecule has 2 aromatic carbocycles. The Balaban J connectivity index is 1.47. The number of halogens is 1. The number of hydrogen-bond acceptors (Lipinski definition) is 5. The van der Waals surface area contributed by atoms with Gasteiger partial charge in [-0.2, -0.15) is 0 Å². The van der Waals surface area contributed by atoms with Crippen molar-refractivity contribution in [2.24, 2.45) is 11.8 Å². The summed E-state index contributed by atoms with van der Waals surface area (Å²) in [5, 5.41) is 7.87. The number of carbonyl (C=O) groups excluding carboxylic acids is 3. The van der Waals surface area contributed by atoms with Crippen LogP contribution in [0.2, 0.25) is 5.02 Å². The van der Waals surface area contributed by atoms with Crippen molar-refractivity contribution in [2.75, 3.05) is 25.6 Å². The molecule has 8 nitrogen and oxygen atoms in total. The van der Waals surface area contributed by atoms with Gasteiger partial charge >= 0.3 is 0 Å². The number of para-hydroxylation sites is 1. The number of fused-ring (bicyclic) bond motifs is 5. The number of likely N-dealkylation sites (tertiary alicyclic amines) is 1. The number of nitrogens with one attached hydrogen (secondary N) is 3. The predicted molar refractivity (Wildman–Crippen MR) is 126 cm³/mol. The van der Waals surface area contributed by atoms with Gasteiger partial charge in [-0.15, -0.1) is 0 Å². The molecule has 9 heteroatoms. The highest BCUT2D eigenvalue weighted by Crippen LogP contribution is 2.53. The fourth-order valence-electron chi connectivity index (χ4n) is 5.95. The number of rotatable bonds is 5. The summed E-state index contributed by atoms with van der Waals surface area (Å²) in [6.45, 7) is 0.389. The average molecular weight is 479 g/mol. The lowest BCUT2D eigenvalue weighted by atomic mass is 9.76. The van der Waals surface area contributed by atoms with E-state index in [0.29, 0.717) is 22.7 Å². The monoisotopic (exact) mass is 478 g/mol. The van der Waals surface area contributed by atoms with Gasteiger partial charge in [0, 0.05) is 46.5 Å². The van der Waals surface area contributed by atoms with Gasteiger partial charge in [-0.3, -0.25) is 24.6 Å². The van der Waals surface area contributed by atoms with E-state index >= 15 is 0 Å². The average Bonchev–Trinajstić information content (AvgIpc) is 3.53. The van der Waals surface area contributed by atoms with Gasteiger partial charge in [0.05, 0.1) is 25.0 Å². The molecule has 0 bridgehead atoms. The van der Waals surface area contributed by atoms with Crippen LogP contribution in [0.25, 0.3) is 10.9 Å². The van der Waals surface area contributed by atoms with Crippen molar-refractivity contribution in [1.29, 1.82) is 0 Å². The van der Waals surface area contributed by atoms with E-state index in [2.05, 4.69) is 15.6 Å². The van der Waals surface area contributed by atoms with Crippen molar-refractivity contribution >= 4 is 45.9 Å². The Morgan fingerprint density at radius 2 is 1.94 bits per heavy atom. The summed E-state index contributed by atoms with van der Waals surface area (Å²) in [5.74, 6) is -2.52. The minimum absolute atomic E-state index is 0.154. The van der Waals surface area contributed by atoms with Gasteiger partial charge in [0.2, 0.25) is 17.7 Å². The lowest BCUT2D eigenvalue weighted by Crippen LogP contribution is -2.53. The number of benzene rings is 2. The molecule has 3 aliphatic rings. The van der Waals surface area contributed by atoms with Crippen LogP contribution in [0.15, 0.2) is 48.7 Å². The SMILES string of the molecule is COCCN1C(=O)[C@@H]2[C@H](Cc3c[nH]c4ccccc34)N[C@@]3(C(=O)Nc4ccc(Cl)cc43)[C@H]2C1=O. The molecule has 3 N–H and O–H groups in total. The molecule has 34 heavy (non-hydrogen) atoms. The van der Waals surface area contributed by atoms with Crippen LogP contribution in [0.5, 0.6) is 0 Å². The van der Waals surface area contributed by atoms with Crippen LogP contribution in [0.3, 0.4) is 0 Å². The standard InChI is InChI=1S/C25H23ClN4O4/c1-34-9-8-30-22(31)20-19(10-13-12-27-17-5-3-2-4-15(13)17)29-25(21(20)23(30)32)16-11-14(26)6-7-18(16)28-24(25)33/h2-7,11-12,19-21,27,29H,8-10H2,1H3,(H,28,33)/t19-,20+,21+,25+/m0/s1. The molecule has 2 fully saturated rings. The molecular formula is C25H23ClN4O4. The molecule has 3 aromatic rings. The van der Waals surface area contributed by atoms with E-state index in [-0.39, 0.29) is 30.9 Å². The second-order valence-electron chi connectivity index (χ2n) is 9.09. The maximum Gasteiger partial charge on any atom is 0.250 e. The van der Waals surface area contributed by atoms with E-state index in [1.807, 2.05) is 30.5 Å². The Morgan fingerprint density at radius 1 is 1.12 bits per heavy atom. The van der Waals surface area contributed by atoms with E-state index in [1.165, 1.54) is 12.0 Å². The molecule has 1 spiro atoms. The maximum atomic E-state index is 13.7. The number of methoxy groups -OCH3 is 1. The lowest BCUT2D eigenvalue weighted by Gasteiger charge is -2.29. The molecule has 0 radical (unpaired) electrons. The summed E-state index contributed by atoms with van der Waals surface area (Å²) >= 11 is 6.30. The number of H-pyrrole nitrogens is 1. The highest BCUT2D eigenvalue weighted by atomic mass is 35.5. The van der Waals surface area contributed by atoms with Gasteiger partial charge in [-0.25, -0.2) is 0 Å². The molecule has 4 atom stereocenters. The summed E-state index contributed by atoms with van der Waals surface area (Å²) in [7, 11) is 1.53. The Labute approximate surface area is 200 Å². The first-order valence-electron chi connectivity index (χ1n) is 11.2. The van der Waals surface area contributed by atoms with Gasteiger partial charge in [0.15, 0.2) is 0 Å². The van der Waals surface area contributed by atoms with Crippen LogP contribution >= 0.6 is 11.6 Å². The Hall–Kier alpha value is -3.20. The first-order valence-corrected chi connectivity index (χ1v) is 11.6. The zero-order valence-corrected chi connectivity index (χ0v) is 19.2. The van der Waals surface area contributed by atoms with Crippen molar-refractivity contribution in [3.63, 3.8) is 0 Å². The second-order valence-corrected chi connectivity index (χ2v) is 9.53. The van der Waals surface area contributed by atoms with Crippen LogP contribution in [-0.4, -0.2) is 53.9 Å². The molecule has 4 heterocycles. The molecular weight excluding hydrogens is 456 g/mol. The summed E-state index contributed by atoms with van der Waals surface area (Å²) < 4.78 is 5.13. The Morgan fingerprint density at radius 3 is 2.76 bits per heavy atom. The first-order chi connectivity index (χ1) is 16.5. The zero-order chi connectivity index (χ0) is 23.6. The molecule has 2 saturated heterocycles. The fourth-order valence-corrected chi connectivity index (χ4v) is 6.12. The molecule has 3 aliphatic heterocycles. The van der Waals surface area contributed by atoms with Crippen LogP contribution in [0, 0.1) is 11.8 Å². The third-order valence-corrected chi connectivity index (χ3v) is 7.64. The number of hydrogen-bond donors (Lipinski definition) is 3. The molecule has 1 aromatic heterocycles. The number of carbonyl (C=O) groups is 3. The van der Waals surface area contributed by atoms with Crippen LogP contribution in [0.4, 0.5) is 5.69 Å². The summed E-state index contributed by atoms with van der Waals surface area (Å²) in [4.78, 5) is 45.3. The number of aromatic nitrogens is 1. The van der Waals surface area contributed by atoms with Crippen molar-refractivity contribution < 1.29 is 19.1 Å². The van der Waals surface area contributed by atoms with Gasteiger partial charge < -0.3 is 15.0 Å². The van der Waals surface area contributed by atoms with Gasteiger partial charge in [-0.05, 0) is 36.2 Å². The number of imide groups is 1. The van der Waals surface area contributed by atoms with E-state index in [9.17, 15) is 14.4 Å². The van der Waals surface area contributed by atoms with E-state index < -0.39 is 23.4 Å². The van der Waals surface area contributed by atoms with Gasteiger partial charge in [-0.1, -0.05) is 29.8 Å². The molecule has 0 saturated carbocycles. The molecule has 174 valence electrons. The van der Waals surface area contributed by atoms with E-state index in [4.69, 9.17) is 16.3 Å². The number of nitrogens with zero attached hydrogens (tertiary/aromatic N) is 1. The van der Waals surface area contributed by atoms with Crippen molar-refractivity contribution in [2.45, 2.75) is 18.0 Å². The highest BCUT2D eigenvalue weighted by Gasteiger charge is 2.70. The highest BCUT2D eigenvalue weighted by molar-refractivity contribution is 6.31. The summed E-state index contributed by atoms with van der Waals surface area (Å²) in [6, 6.07) is 12.6. The van der Waals surface area contributed by atoms with Crippen LogP contribution in [0.1, 0.15) is 11.1 Å². The smallest absolute Gasteiger partial charge is 0.250 e. The Kier molecular flexibility index (Phi) is 4.81. The summed E-state index contributed by atoms with van der Waals surface area (Å²) in [5.41, 5.74) is 1.85. The maximum absolute atomic E-state index is 13.7. The summed E-state index contributed by atoms with van der Waals surface area (Å²) in [6.07, 6.45) is 2.41. The molecule has 6 rings (SSSR count). The number of ether oxygens (including phenoxy) is 1. The number of amides is 3. The third kappa shape index (κ3) is 2.82. The quantitative estimate of drug-likeness (QED) is 0.489. The first kappa shape index (κ1) is 21.3. The molecule has 0 unspecified atom stereocenters. The van der Waals surface area contributed by atoms with E-state index in [0.717, 1.165) is 16.5 Å². The largest absolute Gasteiger partial charge is 0.383 e. The third-order valence-electron chi connectivity index (χ3n) is 7.40.